The number of nitrogens with zero attached hydrogens (tertiary/aromatic N) is 1. The molecule has 2 rings (SSSR count). The number of hydrogen-bond acceptors (Lipinski definition) is 3. The van der Waals surface area contributed by atoms with Gasteiger partial charge < -0.3 is 0 Å². The Kier molecular flexibility index (Phi) is 6.62. The van der Waals surface area contributed by atoms with Gasteiger partial charge in [0.15, 0.2) is 16.1 Å². The zero-order chi connectivity index (χ0) is 16.3. The second-order valence-corrected chi connectivity index (χ2v) is 7.25. The Morgan fingerprint density at radius 3 is 2.14 bits per heavy atom. The van der Waals surface area contributed by atoms with Crippen LogP contribution < -0.4 is 0 Å². The van der Waals surface area contributed by atoms with Crippen LogP contribution >= 0.6 is 74.1 Å². The summed E-state index contributed by atoms with van der Waals surface area (Å²) < 4.78 is 0.905. The lowest BCUT2D eigenvalue weighted by atomic mass is 10.1. The number of carbonyl (C=O) groups is 1. The molecule has 1 aromatic carbocycles. The number of rotatable bonds is 4. The molecule has 0 aliphatic rings. The van der Waals surface area contributed by atoms with E-state index in [1.54, 1.807) is 29.7 Å². The number of pyridine rings is 1. The molecular weight excluding hydrogens is 452 g/mol. The van der Waals surface area contributed by atoms with Crippen LogP contribution in [0.15, 0.2) is 45.1 Å². The molecule has 0 amide bonds. The molecule has 0 fully saturated rings. The fourth-order valence-corrected chi connectivity index (χ4v) is 3.54. The van der Waals surface area contributed by atoms with E-state index in [9.17, 15) is 4.79 Å². The van der Waals surface area contributed by atoms with Crippen molar-refractivity contribution in [1.82, 2.24) is 4.98 Å². The number of benzene rings is 1. The quantitative estimate of drug-likeness (QED) is 0.215. The van der Waals surface area contributed by atoms with E-state index in [1.165, 1.54) is 6.08 Å². The minimum atomic E-state index is -0.140. The Morgan fingerprint density at radius 2 is 1.59 bits per heavy atom. The number of carbonyl (C=O) groups excluding carboxylic acids is 1. The number of hydrogen-bond donors (Lipinski definition) is 0. The summed E-state index contributed by atoms with van der Waals surface area (Å²) in [6.07, 6.45) is 1.42. The molecule has 0 radical (unpaired) electrons. The number of halogens is 5. The van der Waals surface area contributed by atoms with Crippen molar-refractivity contribution in [1.29, 1.82) is 0 Å². The highest BCUT2D eigenvalue weighted by molar-refractivity contribution is 9.10. The van der Waals surface area contributed by atoms with Crippen LogP contribution in [-0.2, 0) is 0 Å². The first kappa shape index (κ1) is 18.1. The third kappa shape index (κ3) is 4.40. The fourth-order valence-electron chi connectivity index (χ4n) is 1.45. The van der Waals surface area contributed by atoms with Crippen LogP contribution in [0.3, 0.4) is 0 Å². The van der Waals surface area contributed by atoms with E-state index in [0.29, 0.717) is 10.5 Å². The second kappa shape index (κ2) is 8.04. The first-order chi connectivity index (χ1) is 10.4. The zero-order valence-corrected chi connectivity index (χ0v) is 16.0. The maximum absolute atomic E-state index is 12.0. The Labute approximate surface area is 159 Å². The predicted molar refractivity (Wildman–Crippen MR) is 97.7 cm³/mol. The lowest BCUT2D eigenvalue weighted by molar-refractivity contribution is 0.104. The molecule has 0 N–H and O–H groups in total. The third-order valence-corrected chi connectivity index (χ3v) is 5.64. The van der Waals surface area contributed by atoms with E-state index in [4.69, 9.17) is 46.4 Å². The topological polar surface area (TPSA) is 30.0 Å². The van der Waals surface area contributed by atoms with E-state index in [-0.39, 0.29) is 26.1 Å². The van der Waals surface area contributed by atoms with Crippen molar-refractivity contribution in [3.63, 3.8) is 0 Å². The van der Waals surface area contributed by atoms with Crippen LogP contribution in [-0.4, -0.2) is 10.8 Å². The Bertz CT molecular complexity index is 723. The van der Waals surface area contributed by atoms with Gasteiger partial charge in [-0.2, -0.15) is 0 Å². The van der Waals surface area contributed by atoms with E-state index >= 15 is 0 Å². The largest absolute Gasteiger partial charge is 0.289 e. The summed E-state index contributed by atoms with van der Waals surface area (Å²) in [4.78, 5) is 16.2. The lowest BCUT2D eigenvalue weighted by Gasteiger charge is -2.06. The van der Waals surface area contributed by atoms with E-state index in [2.05, 4.69) is 20.9 Å². The molecule has 0 aliphatic heterocycles. The highest BCUT2D eigenvalue weighted by atomic mass is 79.9. The molecular formula is C14H6BrCl4NOS. The SMILES string of the molecule is O=C(C=CSc1c(Cl)c(Cl)nc(Cl)c1Cl)c1ccc(Br)cc1. The molecule has 2 aromatic rings. The van der Waals surface area contributed by atoms with Crippen molar-refractivity contribution in [2.75, 3.05) is 0 Å². The standard InChI is InChI=1S/C14H6BrCl4NOS/c15-8-3-1-7(2-4-8)9(21)5-6-22-12-10(16)13(18)20-14(19)11(12)17/h1-6H. The van der Waals surface area contributed by atoms with Gasteiger partial charge in [0.05, 0.1) is 14.9 Å². The summed E-state index contributed by atoms with van der Waals surface area (Å²) in [6.45, 7) is 0. The van der Waals surface area contributed by atoms with Crippen LogP contribution in [0.5, 0.6) is 0 Å². The molecule has 0 saturated carbocycles. The molecule has 1 heterocycles. The number of allylic oxidation sites excluding steroid dienone is 1. The molecule has 8 heteroatoms. The highest BCUT2D eigenvalue weighted by Gasteiger charge is 2.15. The van der Waals surface area contributed by atoms with Gasteiger partial charge in [0, 0.05) is 10.0 Å². The number of ketones is 1. The number of aromatic nitrogens is 1. The molecule has 0 atom stereocenters. The summed E-state index contributed by atoms with van der Waals surface area (Å²) >= 11 is 28.2. The van der Waals surface area contributed by atoms with E-state index in [1.807, 2.05) is 0 Å². The van der Waals surface area contributed by atoms with Crippen molar-refractivity contribution < 1.29 is 4.79 Å². The summed E-state index contributed by atoms with van der Waals surface area (Å²) in [5.74, 6) is -0.140. The van der Waals surface area contributed by atoms with E-state index in [0.717, 1.165) is 16.2 Å². The van der Waals surface area contributed by atoms with Gasteiger partial charge in [0.2, 0.25) is 0 Å². The van der Waals surface area contributed by atoms with Crippen LogP contribution in [0.2, 0.25) is 20.4 Å². The van der Waals surface area contributed by atoms with Gasteiger partial charge in [-0.1, -0.05) is 74.1 Å². The molecule has 0 aliphatic carbocycles. The second-order valence-electron chi connectivity index (χ2n) is 3.94. The fraction of sp³-hybridized carbons (Fsp3) is 0. The average molecular weight is 458 g/mol. The van der Waals surface area contributed by atoms with Gasteiger partial charge in [-0.25, -0.2) is 4.98 Å². The molecule has 2 nitrogen and oxygen atoms in total. The summed E-state index contributed by atoms with van der Waals surface area (Å²) in [5, 5.41) is 2.09. The Hall–Kier alpha value is -0.230. The van der Waals surface area contributed by atoms with Crippen molar-refractivity contribution in [3.05, 3.63) is 66.1 Å². The average Bonchev–Trinajstić information content (AvgIpc) is 2.49. The minimum absolute atomic E-state index is 0.0613. The van der Waals surface area contributed by atoms with Crippen LogP contribution in [0, 0.1) is 0 Å². The lowest BCUT2D eigenvalue weighted by Crippen LogP contribution is -1.92. The Balaban J connectivity index is 2.16. The van der Waals surface area contributed by atoms with Gasteiger partial charge in [-0.05, 0) is 35.7 Å². The summed E-state index contributed by atoms with van der Waals surface area (Å²) in [7, 11) is 0. The third-order valence-electron chi connectivity index (χ3n) is 2.49. The van der Waals surface area contributed by atoms with Crippen LogP contribution in [0.4, 0.5) is 0 Å². The highest BCUT2D eigenvalue weighted by Crippen LogP contribution is 2.41. The first-order valence-electron chi connectivity index (χ1n) is 5.73. The minimum Gasteiger partial charge on any atom is -0.289 e. The maximum atomic E-state index is 12.0. The predicted octanol–water partition coefficient (Wildman–Crippen LogP) is 6.95. The Morgan fingerprint density at radius 1 is 1.05 bits per heavy atom. The molecule has 0 unspecified atom stereocenters. The van der Waals surface area contributed by atoms with Crippen molar-refractivity contribution >= 4 is 79.9 Å². The first-order valence-corrected chi connectivity index (χ1v) is 8.91. The summed E-state index contributed by atoms with van der Waals surface area (Å²) in [5.41, 5.74) is 0.572. The zero-order valence-electron chi connectivity index (χ0n) is 10.6. The molecule has 0 saturated heterocycles. The van der Waals surface area contributed by atoms with Crippen LogP contribution in [0.25, 0.3) is 0 Å². The molecule has 114 valence electrons. The smallest absolute Gasteiger partial charge is 0.186 e. The molecule has 1 aromatic heterocycles. The molecule has 0 bridgehead atoms. The summed E-state index contributed by atoms with van der Waals surface area (Å²) in [6, 6.07) is 7.04. The van der Waals surface area contributed by atoms with Crippen LogP contribution in [0.1, 0.15) is 10.4 Å². The molecule has 0 spiro atoms. The van der Waals surface area contributed by atoms with Gasteiger partial charge >= 0.3 is 0 Å². The van der Waals surface area contributed by atoms with Crippen molar-refractivity contribution in [3.8, 4) is 0 Å². The number of thioether (sulfide) groups is 1. The maximum Gasteiger partial charge on any atom is 0.186 e. The van der Waals surface area contributed by atoms with Gasteiger partial charge in [0.25, 0.3) is 0 Å². The monoisotopic (exact) mass is 455 g/mol. The van der Waals surface area contributed by atoms with Gasteiger partial charge in [-0.3, -0.25) is 4.79 Å². The van der Waals surface area contributed by atoms with Crippen molar-refractivity contribution in [2.24, 2.45) is 0 Å². The van der Waals surface area contributed by atoms with E-state index < -0.39 is 0 Å². The van der Waals surface area contributed by atoms with Crippen molar-refractivity contribution in [2.45, 2.75) is 4.90 Å². The molecule has 22 heavy (non-hydrogen) atoms. The van der Waals surface area contributed by atoms with Gasteiger partial charge in [0.1, 0.15) is 0 Å². The van der Waals surface area contributed by atoms with Gasteiger partial charge in [-0.15, -0.1) is 0 Å². The normalized spacial score (nSPS) is 11.1.